The minimum Gasteiger partial charge on any atom is -0.299 e. The van der Waals surface area contributed by atoms with Crippen LogP contribution in [0, 0.1) is 5.82 Å². The number of halogens is 2. The van der Waals surface area contributed by atoms with Gasteiger partial charge >= 0.3 is 0 Å². The van der Waals surface area contributed by atoms with Gasteiger partial charge in [0.15, 0.2) is 0 Å². The van der Waals surface area contributed by atoms with Gasteiger partial charge in [0.2, 0.25) is 0 Å². The third-order valence-corrected chi connectivity index (χ3v) is 3.23. The summed E-state index contributed by atoms with van der Waals surface area (Å²) in [5, 5.41) is -0.0839. The van der Waals surface area contributed by atoms with Crippen molar-refractivity contribution in [2.75, 3.05) is 5.75 Å². The topological polar surface area (TPSA) is 34.1 Å². The van der Waals surface area contributed by atoms with Crippen LogP contribution in [-0.2, 0) is 15.6 Å². The van der Waals surface area contributed by atoms with Crippen LogP contribution in [0.3, 0.4) is 0 Å². The molecule has 0 amide bonds. The summed E-state index contributed by atoms with van der Waals surface area (Å²) < 4.78 is 24.2. The van der Waals surface area contributed by atoms with E-state index in [0.717, 1.165) is 6.07 Å². The molecule has 1 atom stereocenters. The van der Waals surface area contributed by atoms with E-state index in [9.17, 15) is 13.4 Å². The van der Waals surface area contributed by atoms with Crippen LogP contribution in [0.5, 0.6) is 0 Å². The van der Waals surface area contributed by atoms with Crippen molar-refractivity contribution in [1.29, 1.82) is 0 Å². The molecule has 1 rings (SSSR count). The molecule has 1 aromatic carbocycles. The van der Waals surface area contributed by atoms with E-state index >= 15 is 0 Å². The Morgan fingerprint density at radius 3 is 2.71 bits per heavy atom. The molecular formula is C9H8ClFO2S. The zero-order chi connectivity index (χ0) is 10.7. The van der Waals surface area contributed by atoms with Crippen molar-refractivity contribution in [3.05, 3.63) is 29.0 Å². The zero-order valence-corrected chi connectivity index (χ0v) is 8.99. The average Bonchev–Trinajstić information content (AvgIpc) is 2.08. The van der Waals surface area contributed by atoms with E-state index in [-0.39, 0.29) is 16.6 Å². The van der Waals surface area contributed by atoms with Crippen molar-refractivity contribution in [2.45, 2.75) is 11.8 Å². The molecule has 5 heteroatoms. The van der Waals surface area contributed by atoms with E-state index in [1.165, 1.54) is 19.1 Å². The summed E-state index contributed by atoms with van der Waals surface area (Å²) in [7, 11) is -1.43. The SMILES string of the molecule is CC(=O)CS(=O)c1ccc(F)c(Cl)c1. The molecule has 0 saturated carbocycles. The molecule has 0 aromatic heterocycles. The number of carbonyl (C=O) groups excluding carboxylic acids is 1. The van der Waals surface area contributed by atoms with Gasteiger partial charge in [-0.1, -0.05) is 11.6 Å². The Morgan fingerprint density at radius 2 is 2.21 bits per heavy atom. The molecule has 0 bridgehead atoms. The summed E-state index contributed by atoms with van der Waals surface area (Å²) in [5.74, 6) is -0.805. The highest BCUT2D eigenvalue weighted by Crippen LogP contribution is 2.18. The maximum absolute atomic E-state index is 12.7. The van der Waals surface area contributed by atoms with Gasteiger partial charge in [-0.2, -0.15) is 0 Å². The molecule has 0 aliphatic heterocycles. The lowest BCUT2D eigenvalue weighted by Crippen LogP contribution is -2.06. The second-order valence-corrected chi connectivity index (χ2v) is 4.63. The quantitative estimate of drug-likeness (QED) is 0.803. The molecule has 0 saturated heterocycles. The summed E-state index contributed by atoms with van der Waals surface area (Å²) in [6.07, 6.45) is 0. The molecule has 2 nitrogen and oxygen atoms in total. The van der Waals surface area contributed by atoms with Crippen molar-refractivity contribution < 1.29 is 13.4 Å². The Kier molecular flexibility index (Phi) is 3.77. The van der Waals surface area contributed by atoms with Crippen molar-refractivity contribution in [3.63, 3.8) is 0 Å². The highest BCUT2D eigenvalue weighted by Gasteiger charge is 2.08. The smallest absolute Gasteiger partial charge is 0.142 e. The Balaban J connectivity index is 2.91. The summed E-state index contributed by atoms with van der Waals surface area (Å²) in [4.78, 5) is 11.0. The molecule has 0 radical (unpaired) electrons. The Bertz CT molecular complexity index is 392. The molecular weight excluding hydrogens is 227 g/mol. The van der Waals surface area contributed by atoms with E-state index in [1.54, 1.807) is 0 Å². The van der Waals surface area contributed by atoms with E-state index in [0.29, 0.717) is 4.90 Å². The van der Waals surface area contributed by atoms with Gasteiger partial charge in [-0.3, -0.25) is 9.00 Å². The van der Waals surface area contributed by atoms with Crippen molar-refractivity contribution in [3.8, 4) is 0 Å². The normalized spacial score (nSPS) is 12.5. The summed E-state index contributed by atoms with van der Waals surface area (Å²) in [5.41, 5.74) is 0. The van der Waals surface area contributed by atoms with Crippen LogP contribution in [0.15, 0.2) is 23.1 Å². The minimum absolute atomic E-state index is 0.0675. The van der Waals surface area contributed by atoms with Crippen LogP contribution < -0.4 is 0 Å². The monoisotopic (exact) mass is 234 g/mol. The van der Waals surface area contributed by atoms with E-state index in [1.807, 2.05) is 0 Å². The Labute approximate surface area is 88.5 Å². The first kappa shape index (κ1) is 11.3. The molecule has 0 fully saturated rings. The largest absolute Gasteiger partial charge is 0.299 e. The number of benzene rings is 1. The van der Waals surface area contributed by atoms with Crippen LogP contribution in [-0.4, -0.2) is 15.7 Å². The van der Waals surface area contributed by atoms with Gasteiger partial charge in [0.25, 0.3) is 0 Å². The van der Waals surface area contributed by atoms with Crippen molar-refractivity contribution in [2.24, 2.45) is 0 Å². The molecule has 0 spiro atoms. The molecule has 1 aromatic rings. The molecule has 0 heterocycles. The van der Waals surface area contributed by atoms with Crippen LogP contribution in [0.1, 0.15) is 6.92 Å². The van der Waals surface area contributed by atoms with Gasteiger partial charge in [0.1, 0.15) is 11.6 Å². The summed E-state index contributed by atoms with van der Waals surface area (Å²) >= 11 is 5.50. The predicted molar refractivity (Wildman–Crippen MR) is 53.4 cm³/mol. The second-order valence-electron chi connectivity index (χ2n) is 2.77. The van der Waals surface area contributed by atoms with Crippen LogP contribution >= 0.6 is 11.6 Å². The lowest BCUT2D eigenvalue weighted by Gasteiger charge is -2.00. The highest BCUT2D eigenvalue weighted by molar-refractivity contribution is 7.85. The fourth-order valence-corrected chi connectivity index (χ4v) is 2.14. The molecule has 76 valence electrons. The Hall–Kier alpha value is -0.740. The third-order valence-electron chi connectivity index (χ3n) is 1.49. The molecule has 0 aliphatic rings. The van der Waals surface area contributed by atoms with Gasteiger partial charge in [0.05, 0.1) is 21.6 Å². The molecule has 1 unspecified atom stereocenters. The number of hydrogen-bond acceptors (Lipinski definition) is 2. The average molecular weight is 235 g/mol. The lowest BCUT2D eigenvalue weighted by atomic mass is 10.3. The van der Waals surface area contributed by atoms with Gasteiger partial charge in [-0.15, -0.1) is 0 Å². The number of rotatable bonds is 3. The van der Waals surface area contributed by atoms with Crippen LogP contribution in [0.4, 0.5) is 4.39 Å². The maximum Gasteiger partial charge on any atom is 0.142 e. The first-order valence-corrected chi connectivity index (χ1v) is 5.53. The van der Waals surface area contributed by atoms with Gasteiger partial charge in [-0.05, 0) is 25.1 Å². The van der Waals surface area contributed by atoms with E-state index < -0.39 is 16.6 Å². The van der Waals surface area contributed by atoms with Gasteiger partial charge in [-0.25, -0.2) is 4.39 Å². The van der Waals surface area contributed by atoms with Crippen LogP contribution in [0.25, 0.3) is 0 Å². The van der Waals surface area contributed by atoms with Crippen molar-refractivity contribution in [1.82, 2.24) is 0 Å². The lowest BCUT2D eigenvalue weighted by molar-refractivity contribution is -0.114. The zero-order valence-electron chi connectivity index (χ0n) is 7.42. The second kappa shape index (κ2) is 4.66. The minimum atomic E-state index is -1.43. The molecule has 14 heavy (non-hydrogen) atoms. The summed E-state index contributed by atoms with van der Waals surface area (Å²) in [6.45, 7) is 1.35. The van der Waals surface area contributed by atoms with E-state index in [4.69, 9.17) is 11.6 Å². The van der Waals surface area contributed by atoms with Gasteiger partial charge < -0.3 is 0 Å². The number of ketones is 1. The van der Waals surface area contributed by atoms with Crippen molar-refractivity contribution >= 4 is 28.2 Å². The predicted octanol–water partition coefficient (Wildman–Crippen LogP) is 2.18. The Morgan fingerprint density at radius 1 is 1.57 bits per heavy atom. The maximum atomic E-state index is 12.7. The van der Waals surface area contributed by atoms with Gasteiger partial charge in [0, 0.05) is 4.90 Å². The highest BCUT2D eigenvalue weighted by atomic mass is 35.5. The van der Waals surface area contributed by atoms with E-state index in [2.05, 4.69) is 0 Å². The molecule has 0 N–H and O–H groups in total. The number of hydrogen-bond donors (Lipinski definition) is 0. The third kappa shape index (κ3) is 2.89. The first-order valence-electron chi connectivity index (χ1n) is 3.83. The van der Waals surface area contributed by atoms with Crippen LogP contribution in [0.2, 0.25) is 5.02 Å². The molecule has 0 aliphatic carbocycles. The number of carbonyl (C=O) groups is 1. The fraction of sp³-hybridized carbons (Fsp3) is 0.222. The standard InChI is InChI=1S/C9H8ClFO2S/c1-6(12)5-14(13)7-2-3-9(11)8(10)4-7/h2-4H,5H2,1H3. The first-order chi connectivity index (χ1) is 6.50. The number of Topliss-reactive ketones (excluding diaryl/α,β-unsaturated/α-hetero) is 1. The summed E-state index contributed by atoms with van der Waals surface area (Å²) in [6, 6.07) is 3.77. The fourth-order valence-electron chi connectivity index (χ4n) is 0.886.